The van der Waals surface area contributed by atoms with Gasteiger partial charge in [0.25, 0.3) is 0 Å². The van der Waals surface area contributed by atoms with Gasteiger partial charge in [0, 0.05) is 51.9 Å². The van der Waals surface area contributed by atoms with Crippen molar-refractivity contribution >= 4 is 16.6 Å². The second kappa shape index (κ2) is 8.60. The average Bonchev–Trinajstić information content (AvgIpc) is 3.72. The molecule has 7 aliphatic rings. The van der Waals surface area contributed by atoms with Crippen molar-refractivity contribution in [2.24, 2.45) is 10.8 Å². The first-order chi connectivity index (χ1) is 21.1. The fraction of sp³-hybridized carbons (Fsp3) is 0.632. The van der Waals surface area contributed by atoms with Crippen LogP contribution in [-0.2, 0) is 11.8 Å². The summed E-state index contributed by atoms with van der Waals surface area (Å²) in [6.45, 7) is 9.79. The van der Waals surface area contributed by atoms with Crippen molar-refractivity contribution < 1.29 is 5.11 Å². The number of piperidine rings is 2. The third-order valence-corrected chi connectivity index (χ3v) is 14.6. The molecule has 0 unspecified atom stereocenters. The minimum atomic E-state index is 0.0313. The Morgan fingerprint density at radius 2 is 1.70 bits per heavy atom. The Labute approximate surface area is 256 Å². The van der Waals surface area contributed by atoms with Crippen molar-refractivity contribution in [1.82, 2.24) is 14.4 Å². The molecule has 4 fully saturated rings. The molecule has 7 atom stereocenters. The molecule has 6 aliphatic heterocycles. The third kappa shape index (κ3) is 2.94. The van der Waals surface area contributed by atoms with Crippen molar-refractivity contribution in [3.63, 3.8) is 0 Å². The molecule has 0 bridgehead atoms. The minimum Gasteiger partial charge on any atom is -0.508 e. The summed E-state index contributed by atoms with van der Waals surface area (Å²) >= 11 is 0. The van der Waals surface area contributed by atoms with Gasteiger partial charge in [-0.2, -0.15) is 0 Å². The first-order valence-electron chi connectivity index (χ1n) is 17.8. The molecule has 3 saturated heterocycles. The van der Waals surface area contributed by atoms with Crippen molar-refractivity contribution in [3.05, 3.63) is 58.8 Å². The van der Waals surface area contributed by atoms with Crippen molar-refractivity contribution in [2.75, 3.05) is 31.5 Å². The summed E-state index contributed by atoms with van der Waals surface area (Å²) in [5.41, 5.74) is 9.47. The van der Waals surface area contributed by atoms with E-state index in [1.165, 1.54) is 125 Å². The van der Waals surface area contributed by atoms with E-state index in [9.17, 15) is 5.11 Å². The van der Waals surface area contributed by atoms with Crippen LogP contribution in [-0.4, -0.2) is 57.7 Å². The first kappa shape index (κ1) is 25.8. The van der Waals surface area contributed by atoms with Gasteiger partial charge in [0.1, 0.15) is 5.75 Å². The zero-order valence-electron chi connectivity index (χ0n) is 26.2. The second-order valence-corrected chi connectivity index (χ2v) is 15.7. The van der Waals surface area contributed by atoms with Gasteiger partial charge in [-0.25, -0.2) is 0 Å². The Balaban J connectivity index is 1.22. The predicted octanol–water partition coefficient (Wildman–Crippen LogP) is 7.52. The molecule has 7 heterocycles. The second-order valence-electron chi connectivity index (χ2n) is 15.7. The summed E-state index contributed by atoms with van der Waals surface area (Å²) in [4.78, 5) is 5.71. The van der Waals surface area contributed by atoms with E-state index in [1.54, 1.807) is 11.3 Å². The van der Waals surface area contributed by atoms with Gasteiger partial charge in [0.15, 0.2) is 0 Å². The van der Waals surface area contributed by atoms with Gasteiger partial charge in [0.05, 0.1) is 12.1 Å². The molecular weight excluding hydrogens is 528 g/mol. The number of aromatic hydroxyl groups is 1. The van der Waals surface area contributed by atoms with Crippen LogP contribution in [0.3, 0.4) is 0 Å². The van der Waals surface area contributed by atoms with E-state index in [1.807, 2.05) is 0 Å². The fourth-order valence-electron chi connectivity index (χ4n) is 13.0. The standard InChI is InChI=1S/C38H48N4O/c1-3-36-15-7-20-41-22-18-38(35(36)41)30(13-17-36)39-32-26(11-12-29(43)31(32)38)28-23-37(4-2)16-8-19-40-21-14-25-24-9-5-6-10-27(24)42(28)33(25)34(37)40/h5-6,9-12,28,30,34-35,39,43H,3-4,7-8,13-23H2,1-2H3/t28-,30-,34+,35+,36+,37-,38+/m1/s1. The number of phenolic OH excluding ortho intramolecular Hbond substituents is 1. The number of phenols is 1. The molecule has 226 valence electrons. The zero-order valence-corrected chi connectivity index (χ0v) is 26.2. The number of benzene rings is 2. The molecule has 1 aromatic heterocycles. The van der Waals surface area contributed by atoms with E-state index in [-0.39, 0.29) is 5.41 Å². The monoisotopic (exact) mass is 576 g/mol. The largest absolute Gasteiger partial charge is 0.508 e. The van der Waals surface area contributed by atoms with Crippen LogP contribution in [0.25, 0.3) is 10.9 Å². The number of hydrogen-bond donors (Lipinski definition) is 2. The Morgan fingerprint density at radius 3 is 2.56 bits per heavy atom. The van der Waals surface area contributed by atoms with Gasteiger partial charge < -0.3 is 15.0 Å². The molecular formula is C38H48N4O. The van der Waals surface area contributed by atoms with Crippen LogP contribution in [0.1, 0.15) is 113 Å². The van der Waals surface area contributed by atoms with Crippen LogP contribution in [0.15, 0.2) is 36.4 Å². The van der Waals surface area contributed by atoms with Gasteiger partial charge in [0.2, 0.25) is 0 Å². The number of rotatable bonds is 3. The number of fused-ring (bicyclic) bond motifs is 4. The Hall–Kier alpha value is -2.50. The van der Waals surface area contributed by atoms with Crippen LogP contribution in [0.2, 0.25) is 0 Å². The Kier molecular flexibility index (Phi) is 5.16. The molecule has 3 aromatic rings. The maximum Gasteiger partial charge on any atom is 0.121 e. The van der Waals surface area contributed by atoms with Crippen molar-refractivity contribution in [1.29, 1.82) is 0 Å². The minimum absolute atomic E-state index is 0.0313. The Bertz CT molecular complexity index is 1660. The smallest absolute Gasteiger partial charge is 0.121 e. The lowest BCUT2D eigenvalue weighted by atomic mass is 9.52. The molecule has 2 aromatic carbocycles. The molecule has 1 aliphatic carbocycles. The number of nitrogens with zero attached hydrogens (tertiary/aromatic N) is 3. The van der Waals surface area contributed by atoms with Gasteiger partial charge >= 0.3 is 0 Å². The van der Waals surface area contributed by atoms with E-state index in [0.29, 0.717) is 40.7 Å². The topological polar surface area (TPSA) is 43.7 Å². The first-order valence-corrected chi connectivity index (χ1v) is 17.8. The number of nitrogens with one attached hydrogen (secondary N) is 1. The van der Waals surface area contributed by atoms with Crippen LogP contribution >= 0.6 is 0 Å². The number of anilines is 1. The molecule has 2 N–H and O–H groups in total. The van der Waals surface area contributed by atoms with Crippen LogP contribution in [0, 0.1) is 10.8 Å². The van der Waals surface area contributed by atoms with Gasteiger partial charge in [-0.1, -0.05) is 38.1 Å². The zero-order chi connectivity index (χ0) is 28.7. The fourth-order valence-corrected chi connectivity index (χ4v) is 13.0. The van der Waals surface area contributed by atoms with Gasteiger partial charge in [-0.05, 0) is 124 Å². The summed E-state index contributed by atoms with van der Waals surface area (Å²) in [5, 5.41) is 17.6. The van der Waals surface area contributed by atoms with E-state index in [2.05, 4.69) is 69.9 Å². The van der Waals surface area contributed by atoms with E-state index in [4.69, 9.17) is 0 Å². The lowest BCUT2D eigenvalue weighted by molar-refractivity contribution is -0.0314. The van der Waals surface area contributed by atoms with E-state index >= 15 is 0 Å². The summed E-state index contributed by atoms with van der Waals surface area (Å²) in [6.07, 6.45) is 13.9. The van der Waals surface area contributed by atoms with Crippen molar-refractivity contribution in [3.8, 4) is 5.75 Å². The molecule has 0 amide bonds. The number of aromatic nitrogens is 1. The third-order valence-electron chi connectivity index (χ3n) is 14.6. The lowest BCUT2D eigenvalue weighted by Gasteiger charge is -2.58. The molecule has 43 heavy (non-hydrogen) atoms. The summed E-state index contributed by atoms with van der Waals surface area (Å²) in [6, 6.07) is 15.5. The molecule has 5 nitrogen and oxygen atoms in total. The maximum absolute atomic E-state index is 11.9. The van der Waals surface area contributed by atoms with Gasteiger partial charge in [-0.3, -0.25) is 9.80 Å². The summed E-state index contributed by atoms with van der Waals surface area (Å²) < 4.78 is 2.81. The highest BCUT2D eigenvalue weighted by Gasteiger charge is 2.67. The highest BCUT2D eigenvalue weighted by Crippen LogP contribution is 2.67. The predicted molar refractivity (Wildman–Crippen MR) is 173 cm³/mol. The molecule has 0 radical (unpaired) electrons. The maximum atomic E-state index is 11.9. The molecule has 1 saturated carbocycles. The number of para-hydroxylation sites is 1. The normalized spacial score (nSPS) is 39.2. The SMILES string of the molecule is CC[C@@]12CCCN3CCc4c(n(c5ccccc45)[C@@H](c4ccc(O)c5c4N[C@@H]4CC[C@]6(CC)CCCN7CC[C@@]54[C@@H]76)C1)[C@H]32. The molecule has 1 spiro atoms. The average molecular weight is 577 g/mol. The summed E-state index contributed by atoms with van der Waals surface area (Å²) in [7, 11) is 0. The van der Waals surface area contributed by atoms with Crippen LogP contribution < -0.4 is 5.32 Å². The summed E-state index contributed by atoms with van der Waals surface area (Å²) in [5.74, 6) is 0.551. The van der Waals surface area contributed by atoms with Crippen LogP contribution in [0.5, 0.6) is 5.75 Å². The molecule has 10 rings (SSSR count). The Morgan fingerprint density at radius 1 is 0.884 bits per heavy atom. The molecule has 5 heteroatoms. The van der Waals surface area contributed by atoms with Gasteiger partial charge in [-0.15, -0.1) is 0 Å². The highest BCUT2D eigenvalue weighted by molar-refractivity contribution is 5.87. The quantitative estimate of drug-likeness (QED) is 0.339. The van der Waals surface area contributed by atoms with Crippen molar-refractivity contribution in [2.45, 2.75) is 114 Å². The van der Waals surface area contributed by atoms with E-state index in [0.717, 1.165) is 0 Å². The van der Waals surface area contributed by atoms with E-state index < -0.39 is 0 Å². The number of hydrogen-bond acceptors (Lipinski definition) is 4. The highest BCUT2D eigenvalue weighted by atomic mass is 16.3. The lowest BCUT2D eigenvalue weighted by Crippen LogP contribution is -2.63. The van der Waals surface area contributed by atoms with Crippen LogP contribution in [0.4, 0.5) is 5.69 Å².